The van der Waals surface area contributed by atoms with Gasteiger partial charge in [0.05, 0.1) is 28.9 Å². The molecule has 6 rings (SSSR count). The van der Waals surface area contributed by atoms with Crippen molar-refractivity contribution in [3.8, 4) is 5.75 Å². The molecule has 4 heterocycles. The zero-order chi connectivity index (χ0) is 28.1. The predicted molar refractivity (Wildman–Crippen MR) is 143 cm³/mol. The molecule has 0 bridgehead atoms. The molecule has 2 aliphatic rings. The summed E-state index contributed by atoms with van der Waals surface area (Å²) in [6.07, 6.45) is -1.30. The number of alkyl halides is 2. The van der Waals surface area contributed by atoms with E-state index >= 15 is 0 Å². The Morgan fingerprint density at radius 3 is 2.70 bits per heavy atom. The van der Waals surface area contributed by atoms with Gasteiger partial charge in [0.1, 0.15) is 35.5 Å². The fourth-order valence-corrected chi connectivity index (χ4v) is 5.50. The lowest BCUT2D eigenvalue weighted by Crippen LogP contribution is -2.58. The van der Waals surface area contributed by atoms with Crippen LogP contribution in [-0.4, -0.2) is 62.8 Å². The van der Waals surface area contributed by atoms with Crippen molar-refractivity contribution in [3.63, 3.8) is 0 Å². The minimum atomic E-state index is -2.91. The number of carbonyl (C=O) groups excluding carboxylic acids is 1. The fourth-order valence-electron chi connectivity index (χ4n) is 5.50. The second-order valence-corrected chi connectivity index (χ2v) is 10.1. The van der Waals surface area contributed by atoms with Gasteiger partial charge in [-0.1, -0.05) is 18.2 Å². The minimum absolute atomic E-state index is 0.0521. The first kappa shape index (κ1) is 25.9. The highest BCUT2D eigenvalue weighted by molar-refractivity contribution is 5.95. The van der Waals surface area contributed by atoms with E-state index in [0.29, 0.717) is 60.2 Å². The Hall–Kier alpha value is -4.35. The average Bonchev–Trinajstić information content (AvgIpc) is 3.36. The molecular formula is C28H28F3N7O2. The summed E-state index contributed by atoms with van der Waals surface area (Å²) in [7, 11) is 1.74. The van der Waals surface area contributed by atoms with Gasteiger partial charge in [-0.25, -0.2) is 23.1 Å². The Balaban J connectivity index is 1.30. The van der Waals surface area contributed by atoms with Crippen LogP contribution in [-0.2, 0) is 7.05 Å². The van der Waals surface area contributed by atoms with Gasteiger partial charge in [0.2, 0.25) is 0 Å². The Kier molecular flexibility index (Phi) is 6.47. The van der Waals surface area contributed by atoms with Crippen LogP contribution in [0.1, 0.15) is 46.8 Å². The molecule has 4 aromatic rings. The molecule has 0 radical (unpaired) electrons. The number of carbonyl (C=O) groups is 1. The van der Waals surface area contributed by atoms with Crippen molar-refractivity contribution in [2.45, 2.75) is 32.4 Å². The number of fused-ring (bicyclic) bond motifs is 4. The maximum Gasteiger partial charge on any atom is 0.272 e. The molecule has 2 aromatic heterocycles. The summed E-state index contributed by atoms with van der Waals surface area (Å²) >= 11 is 0. The first-order valence-corrected chi connectivity index (χ1v) is 13.0. The zero-order valence-electron chi connectivity index (χ0n) is 22.2. The minimum Gasteiger partial charge on any atom is -0.489 e. The number of hydrogen-bond acceptors (Lipinski definition) is 7. The first-order valence-electron chi connectivity index (χ1n) is 13.0. The number of amides is 1. The lowest BCUT2D eigenvalue weighted by atomic mass is 10.0. The van der Waals surface area contributed by atoms with Gasteiger partial charge in [-0.3, -0.25) is 9.48 Å². The normalized spacial score (nSPS) is 17.4. The summed E-state index contributed by atoms with van der Waals surface area (Å²) in [6.45, 7) is 5.50. The summed E-state index contributed by atoms with van der Waals surface area (Å²) in [4.78, 5) is 26.2. The molecule has 9 nitrogen and oxygen atoms in total. The van der Waals surface area contributed by atoms with Crippen LogP contribution in [0.2, 0.25) is 0 Å². The van der Waals surface area contributed by atoms with Gasteiger partial charge in [-0.15, -0.1) is 0 Å². The predicted octanol–water partition coefficient (Wildman–Crippen LogP) is 4.64. The van der Waals surface area contributed by atoms with Crippen molar-refractivity contribution in [2.24, 2.45) is 7.05 Å². The third-order valence-electron chi connectivity index (χ3n) is 7.55. The van der Waals surface area contributed by atoms with Crippen LogP contribution in [0.3, 0.4) is 0 Å². The van der Waals surface area contributed by atoms with Gasteiger partial charge in [0.25, 0.3) is 12.3 Å². The van der Waals surface area contributed by atoms with Crippen molar-refractivity contribution < 1.29 is 22.7 Å². The molecule has 2 aliphatic heterocycles. The van der Waals surface area contributed by atoms with Crippen LogP contribution in [0, 0.1) is 12.7 Å². The number of rotatable bonds is 5. The molecule has 1 fully saturated rings. The molecule has 1 saturated heterocycles. The zero-order valence-corrected chi connectivity index (χ0v) is 22.2. The van der Waals surface area contributed by atoms with Crippen LogP contribution >= 0.6 is 0 Å². The number of hydrogen-bond donors (Lipinski definition) is 1. The van der Waals surface area contributed by atoms with Gasteiger partial charge < -0.3 is 19.9 Å². The second kappa shape index (κ2) is 10.00. The van der Waals surface area contributed by atoms with E-state index in [9.17, 15) is 18.0 Å². The molecule has 12 heteroatoms. The molecule has 2 aromatic carbocycles. The molecule has 40 heavy (non-hydrogen) atoms. The Labute approximate surface area is 228 Å². The molecular weight excluding hydrogens is 523 g/mol. The fraction of sp³-hybridized carbons (Fsp3) is 0.357. The van der Waals surface area contributed by atoms with Crippen LogP contribution in [0.15, 0.2) is 42.6 Å². The topological polar surface area (TPSA) is 88.4 Å². The molecule has 0 saturated carbocycles. The molecule has 0 unspecified atom stereocenters. The number of nitrogens with one attached hydrogen (secondary N) is 1. The molecule has 1 amide bonds. The van der Waals surface area contributed by atoms with E-state index in [2.05, 4.69) is 25.3 Å². The monoisotopic (exact) mass is 551 g/mol. The van der Waals surface area contributed by atoms with E-state index in [4.69, 9.17) is 4.74 Å². The average molecular weight is 552 g/mol. The molecule has 2 atom stereocenters. The van der Waals surface area contributed by atoms with Crippen LogP contribution < -0.4 is 15.0 Å². The summed E-state index contributed by atoms with van der Waals surface area (Å²) in [5, 5.41) is 8.01. The van der Waals surface area contributed by atoms with Crippen LogP contribution in [0.5, 0.6) is 5.75 Å². The standard InChI is InChI=1S/C28H28F3N7O2/c1-15(18-5-4-6-19(25(18)29)26(30)31)33-27-20-11-23-24(12-21(20)34-16(2)35-27)40-14-17-13-37(9-10-38(17)23)28(39)22-7-8-32-36(22)3/h4-8,11-12,15,17,26H,9-10,13-14H2,1-3H3,(H,33,34,35)/t15-,17-/m1/s1. The summed E-state index contributed by atoms with van der Waals surface area (Å²) in [5.74, 6) is 0.644. The molecule has 1 N–H and O–H groups in total. The molecule has 208 valence electrons. The first-order chi connectivity index (χ1) is 19.2. The van der Waals surface area contributed by atoms with E-state index in [1.165, 1.54) is 12.1 Å². The maximum atomic E-state index is 14.9. The number of anilines is 2. The summed E-state index contributed by atoms with van der Waals surface area (Å²) < 4.78 is 49.1. The van der Waals surface area contributed by atoms with E-state index < -0.39 is 23.8 Å². The number of piperazine rings is 1. The lowest BCUT2D eigenvalue weighted by Gasteiger charge is -2.45. The van der Waals surface area contributed by atoms with Crippen molar-refractivity contribution >= 4 is 28.3 Å². The highest BCUT2D eigenvalue weighted by atomic mass is 19.3. The van der Waals surface area contributed by atoms with Gasteiger partial charge in [0.15, 0.2) is 0 Å². The van der Waals surface area contributed by atoms with E-state index in [-0.39, 0.29) is 17.5 Å². The number of benzene rings is 2. The number of halogens is 3. The number of nitrogens with zero attached hydrogens (tertiary/aromatic N) is 6. The Morgan fingerprint density at radius 2 is 1.95 bits per heavy atom. The van der Waals surface area contributed by atoms with Crippen molar-refractivity contribution in [2.75, 3.05) is 36.5 Å². The third kappa shape index (κ3) is 4.46. The van der Waals surface area contributed by atoms with Crippen LogP contribution in [0.4, 0.5) is 24.7 Å². The smallest absolute Gasteiger partial charge is 0.272 e. The van der Waals surface area contributed by atoms with E-state index in [1.807, 2.05) is 17.0 Å². The van der Waals surface area contributed by atoms with Gasteiger partial charge in [-0.2, -0.15) is 5.10 Å². The van der Waals surface area contributed by atoms with Crippen molar-refractivity contribution in [1.82, 2.24) is 24.6 Å². The largest absolute Gasteiger partial charge is 0.489 e. The van der Waals surface area contributed by atoms with Gasteiger partial charge in [0, 0.05) is 49.9 Å². The second-order valence-electron chi connectivity index (χ2n) is 10.1. The summed E-state index contributed by atoms with van der Waals surface area (Å²) in [5.41, 5.74) is 1.52. The number of aryl methyl sites for hydroxylation is 2. The highest BCUT2D eigenvalue weighted by Crippen LogP contribution is 2.40. The third-order valence-corrected chi connectivity index (χ3v) is 7.55. The van der Waals surface area contributed by atoms with Gasteiger partial charge in [-0.05, 0) is 26.0 Å². The number of ether oxygens (including phenoxy) is 1. The van der Waals surface area contributed by atoms with Crippen molar-refractivity contribution in [3.05, 3.63) is 71.1 Å². The summed E-state index contributed by atoms with van der Waals surface area (Å²) in [6, 6.07) is 8.82. The molecule has 0 aliphatic carbocycles. The Morgan fingerprint density at radius 1 is 1.15 bits per heavy atom. The molecule has 0 spiro atoms. The Bertz CT molecular complexity index is 1610. The quantitative estimate of drug-likeness (QED) is 0.387. The van der Waals surface area contributed by atoms with Crippen LogP contribution in [0.25, 0.3) is 10.9 Å². The van der Waals surface area contributed by atoms with Crippen molar-refractivity contribution in [1.29, 1.82) is 0 Å². The number of aromatic nitrogens is 4. The van der Waals surface area contributed by atoms with E-state index in [0.717, 1.165) is 11.8 Å². The lowest BCUT2D eigenvalue weighted by molar-refractivity contribution is 0.0685. The maximum absolute atomic E-state index is 14.9. The SMILES string of the molecule is Cc1nc(N[C@H](C)c2cccc(C(F)F)c2F)c2cc3c(cc2n1)OC[C@H]1CN(C(=O)c2ccnn2C)CCN31. The van der Waals surface area contributed by atoms with Gasteiger partial charge >= 0.3 is 0 Å². The van der Waals surface area contributed by atoms with E-state index in [1.54, 1.807) is 37.8 Å². The highest BCUT2D eigenvalue weighted by Gasteiger charge is 2.36.